The van der Waals surface area contributed by atoms with E-state index in [-0.39, 0.29) is 0 Å². The highest BCUT2D eigenvalue weighted by atomic mass is 32.2. The number of rotatable bonds is 5. The van der Waals surface area contributed by atoms with Gasteiger partial charge in [0.2, 0.25) is 0 Å². The highest BCUT2D eigenvalue weighted by molar-refractivity contribution is 7.99. The topological polar surface area (TPSA) is 32.3 Å². The average molecular weight is 301 g/mol. The lowest BCUT2D eigenvalue weighted by Gasteiger charge is -2.27. The highest BCUT2D eigenvalue weighted by Gasteiger charge is 2.27. The van der Waals surface area contributed by atoms with Gasteiger partial charge in [0.15, 0.2) is 0 Å². The van der Waals surface area contributed by atoms with Crippen LogP contribution in [0.4, 0.5) is 14.5 Å². The molecule has 1 fully saturated rings. The molecule has 2 nitrogen and oxygen atoms in total. The molecule has 2 rings (SSSR count). The lowest BCUT2D eigenvalue weighted by Crippen LogP contribution is -2.36. The van der Waals surface area contributed by atoms with Crippen LogP contribution in [0.3, 0.4) is 0 Å². The van der Waals surface area contributed by atoms with E-state index in [0.29, 0.717) is 28.9 Å². The van der Waals surface area contributed by atoms with Gasteiger partial charge >= 0.3 is 0 Å². The van der Waals surface area contributed by atoms with Crippen molar-refractivity contribution >= 4 is 17.4 Å². The Morgan fingerprint density at radius 3 is 2.45 bits per heavy atom. The van der Waals surface area contributed by atoms with Gasteiger partial charge in [-0.1, -0.05) is 49.6 Å². The Labute approximate surface area is 123 Å². The van der Waals surface area contributed by atoms with E-state index in [1.807, 2.05) is 6.07 Å². The van der Waals surface area contributed by atoms with Crippen LogP contribution in [0.2, 0.25) is 0 Å². The molecule has 2 N–H and O–H groups in total. The molecule has 1 aromatic rings. The number of anilines is 1. The lowest BCUT2D eigenvalue weighted by molar-refractivity contribution is 0.0381. The molecule has 5 heteroatoms. The average Bonchev–Trinajstić information content (AvgIpc) is 2.63. The molecule has 1 aromatic carbocycles. The molecular formula is C15H21F2NOS. The zero-order valence-electron chi connectivity index (χ0n) is 11.4. The van der Waals surface area contributed by atoms with Crippen molar-refractivity contribution in [1.29, 1.82) is 0 Å². The molecule has 0 unspecified atom stereocenters. The monoisotopic (exact) mass is 301 g/mol. The second kappa shape index (κ2) is 7.27. The van der Waals surface area contributed by atoms with E-state index in [2.05, 4.69) is 5.32 Å². The lowest BCUT2D eigenvalue weighted by atomic mass is 9.94. The van der Waals surface area contributed by atoms with Crippen molar-refractivity contribution in [2.45, 2.75) is 54.8 Å². The number of alkyl halides is 2. The standard InChI is InChI=1S/C15H21F2NOS/c16-14(17)20-13-8-4-3-7-12(13)18-11-15(19)9-5-1-2-6-10-15/h3-4,7-8,14,18-19H,1-2,5-6,9-11H2. The largest absolute Gasteiger partial charge is 0.388 e. The Morgan fingerprint density at radius 1 is 1.15 bits per heavy atom. The van der Waals surface area contributed by atoms with Crippen LogP contribution in [-0.2, 0) is 0 Å². The zero-order valence-corrected chi connectivity index (χ0v) is 12.3. The molecule has 0 aromatic heterocycles. The molecule has 0 aliphatic heterocycles. The van der Waals surface area contributed by atoms with Gasteiger partial charge in [-0.05, 0) is 25.0 Å². The van der Waals surface area contributed by atoms with Crippen molar-refractivity contribution < 1.29 is 13.9 Å². The van der Waals surface area contributed by atoms with Gasteiger partial charge < -0.3 is 10.4 Å². The van der Waals surface area contributed by atoms with E-state index >= 15 is 0 Å². The van der Waals surface area contributed by atoms with Crippen LogP contribution in [0.25, 0.3) is 0 Å². The first-order valence-electron chi connectivity index (χ1n) is 7.09. The number of halogens is 2. The molecule has 1 aliphatic carbocycles. The smallest absolute Gasteiger partial charge is 0.288 e. The number of hydrogen-bond donors (Lipinski definition) is 2. The van der Waals surface area contributed by atoms with Gasteiger partial charge in [0.25, 0.3) is 5.76 Å². The minimum atomic E-state index is -2.43. The Hall–Kier alpha value is -0.810. The van der Waals surface area contributed by atoms with E-state index in [0.717, 1.165) is 25.7 Å². The molecule has 0 heterocycles. The third-order valence-electron chi connectivity index (χ3n) is 3.75. The van der Waals surface area contributed by atoms with Crippen LogP contribution in [0.1, 0.15) is 38.5 Å². The van der Waals surface area contributed by atoms with Crippen molar-refractivity contribution in [3.05, 3.63) is 24.3 Å². The molecule has 0 amide bonds. The summed E-state index contributed by atoms with van der Waals surface area (Å²) in [6.07, 6.45) is 5.96. The normalized spacial score (nSPS) is 18.8. The quantitative estimate of drug-likeness (QED) is 0.620. The third kappa shape index (κ3) is 4.63. The molecule has 1 aliphatic rings. The summed E-state index contributed by atoms with van der Waals surface area (Å²) in [4.78, 5) is 0.528. The summed E-state index contributed by atoms with van der Waals surface area (Å²) in [5, 5.41) is 13.7. The van der Waals surface area contributed by atoms with Gasteiger partial charge in [-0.25, -0.2) is 0 Å². The summed E-state index contributed by atoms with van der Waals surface area (Å²) in [6, 6.07) is 7.02. The maximum atomic E-state index is 12.5. The first-order valence-corrected chi connectivity index (χ1v) is 7.97. The van der Waals surface area contributed by atoms with Crippen molar-refractivity contribution in [2.75, 3.05) is 11.9 Å². The Bertz CT molecular complexity index is 420. The number of hydrogen-bond acceptors (Lipinski definition) is 3. The van der Waals surface area contributed by atoms with Crippen LogP contribution in [-0.4, -0.2) is 23.0 Å². The van der Waals surface area contributed by atoms with Crippen LogP contribution in [0.15, 0.2) is 29.2 Å². The van der Waals surface area contributed by atoms with Crippen molar-refractivity contribution in [2.24, 2.45) is 0 Å². The van der Waals surface area contributed by atoms with E-state index in [4.69, 9.17) is 0 Å². The van der Waals surface area contributed by atoms with Crippen molar-refractivity contribution in [3.63, 3.8) is 0 Å². The molecule has 0 atom stereocenters. The summed E-state index contributed by atoms with van der Waals surface area (Å²) >= 11 is 0.537. The molecule has 0 bridgehead atoms. The number of para-hydroxylation sites is 1. The second-order valence-electron chi connectivity index (χ2n) is 5.37. The highest BCUT2D eigenvalue weighted by Crippen LogP contribution is 2.33. The summed E-state index contributed by atoms with van der Waals surface area (Å²) in [6.45, 7) is 0.424. The van der Waals surface area contributed by atoms with Crippen LogP contribution >= 0.6 is 11.8 Å². The first kappa shape index (κ1) is 15.6. The zero-order chi connectivity index (χ0) is 14.4. The summed E-state index contributed by atoms with van der Waals surface area (Å²) in [5.41, 5.74) is -0.0329. The van der Waals surface area contributed by atoms with Gasteiger partial charge in [-0.15, -0.1) is 0 Å². The Morgan fingerprint density at radius 2 is 1.80 bits per heavy atom. The van der Waals surface area contributed by atoms with Crippen LogP contribution < -0.4 is 5.32 Å². The summed E-state index contributed by atoms with van der Waals surface area (Å²) in [7, 11) is 0. The van der Waals surface area contributed by atoms with Crippen LogP contribution in [0, 0.1) is 0 Å². The Balaban J connectivity index is 1.99. The first-order chi connectivity index (χ1) is 9.59. The molecule has 1 saturated carbocycles. The van der Waals surface area contributed by atoms with Gasteiger partial charge in [-0.2, -0.15) is 8.78 Å². The molecule has 0 radical (unpaired) electrons. The van der Waals surface area contributed by atoms with E-state index in [1.165, 1.54) is 12.8 Å². The van der Waals surface area contributed by atoms with E-state index in [1.54, 1.807) is 18.2 Å². The minimum absolute atomic E-state index is 0.424. The van der Waals surface area contributed by atoms with E-state index in [9.17, 15) is 13.9 Å². The molecule has 0 saturated heterocycles. The maximum Gasteiger partial charge on any atom is 0.288 e. The van der Waals surface area contributed by atoms with Crippen molar-refractivity contribution in [3.8, 4) is 0 Å². The third-order valence-corrected chi connectivity index (χ3v) is 4.53. The fourth-order valence-electron chi connectivity index (χ4n) is 2.63. The fourth-order valence-corrected chi connectivity index (χ4v) is 3.25. The van der Waals surface area contributed by atoms with Crippen LogP contribution in [0.5, 0.6) is 0 Å². The Kier molecular flexibility index (Phi) is 5.66. The van der Waals surface area contributed by atoms with Gasteiger partial charge in [0, 0.05) is 17.1 Å². The predicted octanol–water partition coefficient (Wildman–Crippen LogP) is 4.50. The van der Waals surface area contributed by atoms with Gasteiger partial charge in [0.05, 0.1) is 5.60 Å². The SMILES string of the molecule is OC1(CNc2ccccc2SC(F)F)CCCCCC1. The molecular weight excluding hydrogens is 280 g/mol. The molecule has 112 valence electrons. The second-order valence-corrected chi connectivity index (χ2v) is 6.40. The number of thioether (sulfide) groups is 1. The number of benzene rings is 1. The number of aliphatic hydroxyl groups is 1. The van der Waals surface area contributed by atoms with Gasteiger partial charge in [-0.3, -0.25) is 0 Å². The number of nitrogens with one attached hydrogen (secondary N) is 1. The van der Waals surface area contributed by atoms with E-state index < -0.39 is 11.4 Å². The maximum absolute atomic E-state index is 12.5. The molecule has 20 heavy (non-hydrogen) atoms. The molecule has 0 spiro atoms. The van der Waals surface area contributed by atoms with Crippen molar-refractivity contribution in [1.82, 2.24) is 0 Å². The fraction of sp³-hybridized carbons (Fsp3) is 0.600. The van der Waals surface area contributed by atoms with Gasteiger partial charge in [0.1, 0.15) is 0 Å². The predicted molar refractivity (Wildman–Crippen MR) is 79.4 cm³/mol. The minimum Gasteiger partial charge on any atom is -0.388 e. The summed E-state index contributed by atoms with van der Waals surface area (Å²) < 4.78 is 25.0. The summed E-state index contributed by atoms with van der Waals surface area (Å²) in [5.74, 6) is -2.43.